The minimum Gasteiger partial charge on any atom is -0.317 e. The zero-order valence-corrected chi connectivity index (χ0v) is 28.5. The zero-order chi connectivity index (χ0) is 46.2. The molecular weight excluding hydrogens is 928 g/mol. The molecule has 7 nitrogen and oxygen atoms in total. The molecule has 0 atom stereocenters. The van der Waals surface area contributed by atoms with Gasteiger partial charge in [0.1, 0.15) is 0 Å². The number of alkyl halides is 26. The lowest BCUT2D eigenvalue weighted by atomic mass is 9.93. The quantitative estimate of drug-likeness (QED) is 0.0690. The molecular formula is C22H23F26N3O4S2. The van der Waals surface area contributed by atoms with E-state index >= 15 is 0 Å². The van der Waals surface area contributed by atoms with Crippen LogP contribution in [0.1, 0.15) is 25.7 Å². The maximum atomic E-state index is 13.8. The molecule has 0 unspecified atom stereocenters. The molecule has 57 heavy (non-hydrogen) atoms. The molecule has 0 fully saturated rings. The van der Waals surface area contributed by atoms with Gasteiger partial charge < -0.3 is 5.32 Å². The van der Waals surface area contributed by atoms with Gasteiger partial charge in [0.25, 0.3) is 0 Å². The van der Waals surface area contributed by atoms with Crippen LogP contribution in [0.2, 0.25) is 0 Å². The highest BCUT2D eigenvalue weighted by Gasteiger charge is 2.92. The molecule has 3 N–H and O–H groups in total. The molecule has 0 radical (unpaired) electrons. The standard InChI is InChI=1S/C22H23F26N3O4S2/c23-11(24,13(27,28)15(31,32)17(35,36)19(39,40)21(43,44)45)3-9-56(52,53)50-7-1-5-49-6-2-8-51-57(54,55)10-4-12(25,26)14(29,30)16(33,34)18(37,38)20(41,42)22(46,47)48/h49-51H,1-10H2. The average Bonchev–Trinajstić information content (AvgIpc) is 3.00. The maximum Gasteiger partial charge on any atom is 0.460 e. The molecule has 0 saturated carbocycles. The second kappa shape index (κ2) is 16.8. The maximum absolute atomic E-state index is 13.8. The summed E-state index contributed by atoms with van der Waals surface area (Å²) in [6, 6.07) is 0. The Kier molecular flexibility index (Phi) is 16.2. The SMILES string of the molecule is O=S(=O)(CCC(F)(F)C(F)(F)C(F)(F)C(F)(F)C(F)(F)C(F)(F)F)NCCCNCCCNS(=O)(=O)CCC(F)(F)C(F)(F)C(F)(F)C(F)(F)C(F)(F)C(F)(F)F. The van der Waals surface area contributed by atoms with E-state index in [1.165, 1.54) is 9.44 Å². The van der Waals surface area contributed by atoms with Gasteiger partial charge in [-0.3, -0.25) is 0 Å². The molecule has 0 aromatic heterocycles. The predicted octanol–water partition coefficient (Wildman–Crippen LogP) is 7.45. The number of sulfonamides is 2. The van der Waals surface area contributed by atoms with Crippen LogP contribution < -0.4 is 14.8 Å². The van der Waals surface area contributed by atoms with E-state index in [1.807, 2.05) is 0 Å². The highest BCUT2D eigenvalue weighted by Crippen LogP contribution is 2.62. The van der Waals surface area contributed by atoms with Crippen LogP contribution in [-0.2, 0) is 20.0 Å². The van der Waals surface area contributed by atoms with Crippen molar-refractivity contribution in [3.63, 3.8) is 0 Å². The molecule has 344 valence electrons. The van der Waals surface area contributed by atoms with Crippen molar-refractivity contribution in [3.05, 3.63) is 0 Å². The van der Waals surface area contributed by atoms with Gasteiger partial charge in [0.05, 0.1) is 11.5 Å². The van der Waals surface area contributed by atoms with Crippen LogP contribution in [0.15, 0.2) is 0 Å². The number of nitrogens with one attached hydrogen (secondary N) is 3. The van der Waals surface area contributed by atoms with Crippen molar-refractivity contribution in [2.45, 2.75) is 97.3 Å². The molecule has 0 saturated heterocycles. The molecule has 0 aliphatic heterocycles. The number of halogens is 26. The van der Waals surface area contributed by atoms with Gasteiger partial charge in [0, 0.05) is 25.9 Å². The largest absolute Gasteiger partial charge is 0.460 e. The molecule has 35 heteroatoms. The summed E-state index contributed by atoms with van der Waals surface area (Å²) in [4.78, 5) is 0. The van der Waals surface area contributed by atoms with Crippen LogP contribution in [0.3, 0.4) is 0 Å². The minimum absolute atomic E-state index is 0.397. The summed E-state index contributed by atoms with van der Waals surface area (Å²) in [5, 5.41) is 2.32. The summed E-state index contributed by atoms with van der Waals surface area (Å²) in [5.74, 6) is -82.2. The van der Waals surface area contributed by atoms with Crippen LogP contribution in [0.4, 0.5) is 114 Å². The third kappa shape index (κ3) is 10.8. The van der Waals surface area contributed by atoms with E-state index < -0.39 is 155 Å². The van der Waals surface area contributed by atoms with E-state index in [-0.39, 0.29) is 0 Å². The monoisotopic (exact) mass is 951 g/mol. The van der Waals surface area contributed by atoms with Gasteiger partial charge in [-0.1, -0.05) is 0 Å². The summed E-state index contributed by atoms with van der Waals surface area (Å²) in [6.07, 6.45) is -22.4. The zero-order valence-electron chi connectivity index (χ0n) is 26.8. The number of rotatable bonds is 24. The molecule has 0 rings (SSSR count). The fraction of sp³-hybridized carbons (Fsp3) is 1.00. The van der Waals surface area contributed by atoms with Gasteiger partial charge in [-0.15, -0.1) is 0 Å². The highest BCUT2D eigenvalue weighted by atomic mass is 32.2. The lowest BCUT2D eigenvalue weighted by Gasteiger charge is -2.39. The van der Waals surface area contributed by atoms with Crippen LogP contribution >= 0.6 is 0 Å². The second-order valence-electron chi connectivity index (χ2n) is 11.4. The van der Waals surface area contributed by atoms with Gasteiger partial charge in [-0.25, -0.2) is 26.3 Å². The van der Waals surface area contributed by atoms with E-state index in [1.54, 1.807) is 0 Å². The Hall–Kier alpha value is -2.04. The van der Waals surface area contributed by atoms with Crippen LogP contribution in [-0.4, -0.2) is 126 Å². The molecule has 0 aromatic carbocycles. The Labute approximate surface area is 301 Å². The third-order valence-electron chi connectivity index (χ3n) is 7.07. The van der Waals surface area contributed by atoms with Crippen molar-refractivity contribution in [3.8, 4) is 0 Å². The van der Waals surface area contributed by atoms with Crippen molar-refractivity contribution >= 4 is 20.0 Å². The van der Waals surface area contributed by atoms with Crippen molar-refractivity contribution in [2.75, 3.05) is 37.7 Å². The first-order chi connectivity index (χ1) is 24.6. The fourth-order valence-corrected chi connectivity index (χ4v) is 5.84. The first kappa shape index (κ1) is 55.0. The van der Waals surface area contributed by atoms with E-state index in [4.69, 9.17) is 0 Å². The van der Waals surface area contributed by atoms with Gasteiger partial charge in [0.2, 0.25) is 20.0 Å². The van der Waals surface area contributed by atoms with E-state index in [2.05, 4.69) is 5.32 Å². The highest BCUT2D eigenvalue weighted by molar-refractivity contribution is 7.89. The van der Waals surface area contributed by atoms with Gasteiger partial charge in [-0.2, -0.15) is 114 Å². The smallest absolute Gasteiger partial charge is 0.317 e. The predicted molar refractivity (Wildman–Crippen MR) is 136 cm³/mol. The van der Waals surface area contributed by atoms with Gasteiger partial charge in [-0.05, 0) is 25.9 Å². The molecule has 0 spiro atoms. The molecule has 0 aliphatic rings. The summed E-state index contributed by atoms with van der Waals surface area (Å²) in [6.45, 7) is -2.56. The van der Waals surface area contributed by atoms with Crippen LogP contribution in [0.25, 0.3) is 0 Å². The fourth-order valence-electron chi connectivity index (χ4n) is 3.59. The Morgan fingerprint density at radius 3 is 0.772 bits per heavy atom. The van der Waals surface area contributed by atoms with Gasteiger partial charge in [0.15, 0.2) is 0 Å². The van der Waals surface area contributed by atoms with Crippen LogP contribution in [0.5, 0.6) is 0 Å². The molecule has 0 heterocycles. The normalized spacial score (nSPS) is 16.0. The summed E-state index contributed by atoms with van der Waals surface area (Å²) in [5.41, 5.74) is 0. The van der Waals surface area contributed by atoms with Crippen molar-refractivity contribution in [2.24, 2.45) is 0 Å². The van der Waals surface area contributed by atoms with Crippen molar-refractivity contribution in [1.29, 1.82) is 0 Å². The summed E-state index contributed by atoms with van der Waals surface area (Å²) in [7, 11) is -10.5. The molecule has 0 amide bonds. The van der Waals surface area contributed by atoms with E-state index in [9.17, 15) is 131 Å². The van der Waals surface area contributed by atoms with Crippen molar-refractivity contribution < 1.29 is 131 Å². The van der Waals surface area contributed by atoms with Crippen LogP contribution in [0, 0.1) is 0 Å². The Balaban J connectivity index is 5.04. The minimum atomic E-state index is -8.20. The third-order valence-corrected chi connectivity index (χ3v) is 9.84. The van der Waals surface area contributed by atoms with Gasteiger partial charge >= 0.3 is 71.6 Å². The number of hydrogen-bond donors (Lipinski definition) is 3. The lowest BCUT2D eigenvalue weighted by molar-refractivity contribution is -0.439. The summed E-state index contributed by atoms with van der Waals surface area (Å²) < 4.78 is 391. The first-order valence-corrected chi connectivity index (χ1v) is 17.5. The molecule has 0 aliphatic carbocycles. The summed E-state index contributed by atoms with van der Waals surface area (Å²) >= 11 is 0. The van der Waals surface area contributed by atoms with E-state index in [0.29, 0.717) is 0 Å². The topological polar surface area (TPSA) is 104 Å². The molecule has 0 bridgehead atoms. The Bertz CT molecular complexity index is 1450. The average molecular weight is 952 g/mol. The lowest BCUT2D eigenvalue weighted by Crippen LogP contribution is -2.70. The first-order valence-electron chi connectivity index (χ1n) is 14.2. The second-order valence-corrected chi connectivity index (χ2v) is 15.2. The van der Waals surface area contributed by atoms with Crippen molar-refractivity contribution in [1.82, 2.24) is 14.8 Å². The Morgan fingerprint density at radius 2 is 0.544 bits per heavy atom. The molecule has 0 aromatic rings. The Morgan fingerprint density at radius 1 is 0.316 bits per heavy atom. The van der Waals surface area contributed by atoms with E-state index in [0.717, 1.165) is 0 Å². The number of hydrogen-bond acceptors (Lipinski definition) is 5.